The van der Waals surface area contributed by atoms with Crippen LogP contribution in [0, 0.1) is 0 Å². The van der Waals surface area contributed by atoms with Gasteiger partial charge in [0.15, 0.2) is 0 Å². The van der Waals surface area contributed by atoms with Gasteiger partial charge in [-0.3, -0.25) is 4.79 Å². The molecule has 23 heavy (non-hydrogen) atoms. The minimum atomic E-state index is -0.292. The van der Waals surface area contributed by atoms with E-state index < -0.39 is 0 Å². The van der Waals surface area contributed by atoms with Gasteiger partial charge < -0.3 is 10.1 Å². The number of ether oxygens (including phenoxy) is 1. The number of nitrogens with one attached hydrogen (secondary N) is 1. The molecule has 3 aromatic rings. The molecule has 1 amide bonds. The summed E-state index contributed by atoms with van der Waals surface area (Å²) in [5, 5.41) is 5.65. The maximum absolute atomic E-state index is 12.1. The minimum absolute atomic E-state index is 0.260. The van der Waals surface area contributed by atoms with E-state index in [2.05, 4.69) is 20.3 Å². The lowest BCUT2D eigenvalue weighted by Crippen LogP contribution is -2.24. The van der Waals surface area contributed by atoms with E-state index in [1.165, 1.54) is 19.5 Å². The number of carbonyl (C=O) groups is 1. The van der Waals surface area contributed by atoms with Crippen molar-refractivity contribution in [3.63, 3.8) is 0 Å². The van der Waals surface area contributed by atoms with Crippen molar-refractivity contribution in [1.29, 1.82) is 0 Å². The highest BCUT2D eigenvalue weighted by Crippen LogP contribution is 2.23. The third-order valence-corrected chi connectivity index (χ3v) is 4.03. The largest absolute Gasteiger partial charge is 0.481 e. The van der Waals surface area contributed by atoms with Gasteiger partial charge in [0.05, 0.1) is 19.3 Å². The van der Waals surface area contributed by atoms with Crippen LogP contribution in [0.5, 0.6) is 5.88 Å². The number of rotatable bonds is 5. The molecule has 0 spiro atoms. The molecule has 0 fully saturated rings. The second-order valence-corrected chi connectivity index (χ2v) is 5.50. The second-order valence-electron chi connectivity index (χ2n) is 4.64. The predicted octanol–water partition coefficient (Wildman–Crippen LogP) is 2.54. The lowest BCUT2D eigenvalue weighted by Gasteiger charge is -2.03. The Bertz CT molecular complexity index is 805. The molecule has 0 bridgehead atoms. The molecule has 1 aromatic carbocycles. The average Bonchev–Trinajstić information content (AvgIpc) is 3.09. The maximum atomic E-state index is 12.1. The molecule has 0 aliphatic carbocycles. The fourth-order valence-corrected chi connectivity index (χ4v) is 2.76. The lowest BCUT2D eigenvalue weighted by atomic mass is 10.2. The maximum Gasteiger partial charge on any atom is 0.270 e. The first kappa shape index (κ1) is 15.1. The molecule has 7 heteroatoms. The Morgan fingerprint density at radius 1 is 1.26 bits per heavy atom. The van der Waals surface area contributed by atoms with Crippen LogP contribution in [0.25, 0.3) is 10.6 Å². The van der Waals surface area contributed by atoms with E-state index in [0.29, 0.717) is 12.4 Å². The smallest absolute Gasteiger partial charge is 0.270 e. The standard InChI is InChI=1S/C16H14N4O2S/c1-22-14-7-13(18-10-19-14)15(21)17-8-12-9-23-16(20-12)11-5-3-2-4-6-11/h2-7,9-10H,8H2,1H3,(H,17,21). The number of hydrogen-bond donors (Lipinski definition) is 1. The Morgan fingerprint density at radius 2 is 2.09 bits per heavy atom. The van der Waals surface area contributed by atoms with Crippen LogP contribution in [0.3, 0.4) is 0 Å². The van der Waals surface area contributed by atoms with Crippen molar-refractivity contribution in [2.45, 2.75) is 6.54 Å². The van der Waals surface area contributed by atoms with Crippen LogP contribution in [0.15, 0.2) is 48.1 Å². The molecule has 116 valence electrons. The van der Waals surface area contributed by atoms with E-state index >= 15 is 0 Å². The van der Waals surface area contributed by atoms with Gasteiger partial charge in [0.2, 0.25) is 5.88 Å². The van der Waals surface area contributed by atoms with Gasteiger partial charge in [-0.05, 0) is 0 Å². The van der Waals surface area contributed by atoms with Gasteiger partial charge in [-0.2, -0.15) is 0 Å². The molecule has 3 rings (SSSR count). The van der Waals surface area contributed by atoms with E-state index in [0.717, 1.165) is 16.3 Å². The summed E-state index contributed by atoms with van der Waals surface area (Å²) in [7, 11) is 1.49. The molecule has 0 saturated carbocycles. The van der Waals surface area contributed by atoms with Crippen LogP contribution in [0.2, 0.25) is 0 Å². The van der Waals surface area contributed by atoms with Crippen molar-refractivity contribution in [1.82, 2.24) is 20.3 Å². The molecule has 0 saturated heterocycles. The normalized spacial score (nSPS) is 10.3. The van der Waals surface area contributed by atoms with Gasteiger partial charge in [0, 0.05) is 17.0 Å². The Kier molecular flexibility index (Phi) is 4.58. The fraction of sp³-hybridized carbons (Fsp3) is 0.125. The number of amides is 1. The van der Waals surface area contributed by atoms with Crippen molar-refractivity contribution in [2.24, 2.45) is 0 Å². The number of carbonyl (C=O) groups excluding carboxylic acids is 1. The molecule has 0 aliphatic rings. The zero-order valence-corrected chi connectivity index (χ0v) is 13.2. The summed E-state index contributed by atoms with van der Waals surface area (Å²) in [5.74, 6) is 0.0603. The monoisotopic (exact) mass is 326 g/mol. The Morgan fingerprint density at radius 3 is 2.87 bits per heavy atom. The lowest BCUT2D eigenvalue weighted by molar-refractivity contribution is 0.0945. The highest BCUT2D eigenvalue weighted by Gasteiger charge is 2.10. The molecular formula is C16H14N4O2S. The summed E-state index contributed by atoms with van der Waals surface area (Å²) in [6.45, 7) is 0.342. The number of benzene rings is 1. The first-order valence-corrected chi connectivity index (χ1v) is 7.78. The van der Waals surface area contributed by atoms with Crippen molar-refractivity contribution in [3.8, 4) is 16.5 Å². The molecule has 6 nitrogen and oxygen atoms in total. The third kappa shape index (κ3) is 3.70. The summed E-state index contributed by atoms with van der Waals surface area (Å²) in [6.07, 6.45) is 1.30. The average molecular weight is 326 g/mol. The molecule has 1 N–H and O–H groups in total. The summed E-state index contributed by atoms with van der Waals surface area (Å²) in [4.78, 5) is 24.4. The molecule has 0 radical (unpaired) electrons. The van der Waals surface area contributed by atoms with Crippen molar-refractivity contribution in [2.75, 3.05) is 7.11 Å². The number of methoxy groups -OCH3 is 1. The number of hydrogen-bond acceptors (Lipinski definition) is 6. The predicted molar refractivity (Wildman–Crippen MR) is 87.3 cm³/mol. The Labute approximate surface area is 137 Å². The van der Waals surface area contributed by atoms with Gasteiger partial charge in [-0.15, -0.1) is 11.3 Å². The summed E-state index contributed by atoms with van der Waals surface area (Å²) in [6, 6.07) is 11.4. The molecule has 2 heterocycles. The van der Waals surface area contributed by atoms with Crippen LogP contribution in [0.4, 0.5) is 0 Å². The van der Waals surface area contributed by atoms with Gasteiger partial charge in [0.25, 0.3) is 5.91 Å². The molecule has 0 unspecified atom stereocenters. The Balaban J connectivity index is 1.64. The van der Waals surface area contributed by atoms with Crippen molar-refractivity contribution in [3.05, 3.63) is 59.5 Å². The van der Waals surface area contributed by atoms with Crippen LogP contribution < -0.4 is 10.1 Å². The van der Waals surface area contributed by atoms with Gasteiger partial charge >= 0.3 is 0 Å². The van der Waals surface area contributed by atoms with Crippen molar-refractivity contribution >= 4 is 17.2 Å². The number of nitrogens with zero attached hydrogens (tertiary/aromatic N) is 3. The zero-order chi connectivity index (χ0) is 16.1. The minimum Gasteiger partial charge on any atom is -0.481 e. The van der Waals surface area contributed by atoms with Gasteiger partial charge in [-0.1, -0.05) is 30.3 Å². The Hall–Kier alpha value is -2.80. The topological polar surface area (TPSA) is 77.0 Å². The van der Waals surface area contributed by atoms with E-state index in [1.54, 1.807) is 11.3 Å². The fourth-order valence-electron chi connectivity index (χ4n) is 1.94. The van der Waals surface area contributed by atoms with Crippen LogP contribution in [0.1, 0.15) is 16.2 Å². The van der Waals surface area contributed by atoms with Crippen LogP contribution >= 0.6 is 11.3 Å². The second kappa shape index (κ2) is 6.97. The summed E-state index contributed by atoms with van der Waals surface area (Å²) < 4.78 is 4.98. The van der Waals surface area contributed by atoms with E-state index in [-0.39, 0.29) is 11.6 Å². The number of aromatic nitrogens is 3. The molecular weight excluding hydrogens is 312 g/mol. The van der Waals surface area contributed by atoms with Crippen LogP contribution in [-0.4, -0.2) is 28.0 Å². The first-order valence-electron chi connectivity index (χ1n) is 6.90. The zero-order valence-electron chi connectivity index (χ0n) is 12.4. The van der Waals surface area contributed by atoms with E-state index in [9.17, 15) is 4.79 Å². The van der Waals surface area contributed by atoms with Crippen molar-refractivity contribution < 1.29 is 9.53 Å². The quantitative estimate of drug-likeness (QED) is 0.779. The summed E-state index contributed by atoms with van der Waals surface area (Å²) >= 11 is 1.55. The first-order chi connectivity index (χ1) is 11.3. The highest BCUT2D eigenvalue weighted by atomic mass is 32.1. The SMILES string of the molecule is COc1cc(C(=O)NCc2csc(-c3ccccc3)n2)ncn1. The highest BCUT2D eigenvalue weighted by molar-refractivity contribution is 7.13. The third-order valence-electron chi connectivity index (χ3n) is 3.09. The molecule has 0 atom stereocenters. The molecule has 2 aromatic heterocycles. The number of thiazole rings is 1. The molecule has 0 aliphatic heterocycles. The summed E-state index contributed by atoms with van der Waals surface area (Å²) in [5.41, 5.74) is 2.13. The van der Waals surface area contributed by atoms with E-state index in [1.807, 2.05) is 35.7 Å². The van der Waals surface area contributed by atoms with Gasteiger partial charge in [0.1, 0.15) is 17.0 Å². The van der Waals surface area contributed by atoms with Gasteiger partial charge in [-0.25, -0.2) is 15.0 Å². The van der Waals surface area contributed by atoms with E-state index in [4.69, 9.17) is 4.74 Å². The van der Waals surface area contributed by atoms with Crippen LogP contribution in [-0.2, 0) is 6.54 Å².